The molecule has 2 aliphatic rings. The molecule has 1 N–H and O–H groups in total. The van der Waals surface area contributed by atoms with E-state index < -0.39 is 0 Å². The standard InChI is InChI=1S/C20H29N3O2/c1-16(24)23-14-9-17-15-18(7-8-19(17)23)20(25)21-10-6-13-22-11-4-2-3-5-12-22/h7-8,15H,2-6,9-14H2,1H3,(H,21,25). The fraction of sp³-hybridized carbons (Fsp3) is 0.600. The molecule has 2 amide bonds. The summed E-state index contributed by atoms with van der Waals surface area (Å²) in [6.45, 7) is 6.48. The second-order valence-electron chi connectivity index (χ2n) is 7.13. The van der Waals surface area contributed by atoms with Gasteiger partial charge in [0, 0.05) is 31.3 Å². The fourth-order valence-electron chi connectivity index (χ4n) is 3.84. The Balaban J connectivity index is 1.46. The Bertz CT molecular complexity index is 621. The first-order valence-electron chi connectivity index (χ1n) is 9.57. The van der Waals surface area contributed by atoms with E-state index in [0.717, 1.165) is 30.6 Å². The summed E-state index contributed by atoms with van der Waals surface area (Å²) in [5.74, 6) is 0.0457. The van der Waals surface area contributed by atoms with Gasteiger partial charge in [0.05, 0.1) is 0 Å². The Morgan fingerprint density at radius 3 is 2.56 bits per heavy atom. The van der Waals surface area contributed by atoms with E-state index in [1.165, 1.54) is 38.8 Å². The van der Waals surface area contributed by atoms with Crippen LogP contribution in [-0.2, 0) is 11.2 Å². The molecule has 5 nitrogen and oxygen atoms in total. The van der Waals surface area contributed by atoms with Crippen molar-refractivity contribution in [1.82, 2.24) is 10.2 Å². The van der Waals surface area contributed by atoms with Crippen molar-refractivity contribution >= 4 is 17.5 Å². The summed E-state index contributed by atoms with van der Waals surface area (Å²) in [6, 6.07) is 5.66. The van der Waals surface area contributed by atoms with Crippen LogP contribution >= 0.6 is 0 Å². The smallest absolute Gasteiger partial charge is 0.251 e. The molecule has 0 unspecified atom stereocenters. The molecule has 0 atom stereocenters. The van der Waals surface area contributed by atoms with E-state index in [1.54, 1.807) is 11.8 Å². The first-order chi connectivity index (χ1) is 12.1. The number of fused-ring (bicyclic) bond motifs is 1. The maximum Gasteiger partial charge on any atom is 0.251 e. The van der Waals surface area contributed by atoms with E-state index in [1.807, 2.05) is 18.2 Å². The van der Waals surface area contributed by atoms with E-state index >= 15 is 0 Å². The van der Waals surface area contributed by atoms with Gasteiger partial charge in [0.15, 0.2) is 0 Å². The zero-order chi connectivity index (χ0) is 17.6. The third-order valence-corrected chi connectivity index (χ3v) is 5.25. The Hall–Kier alpha value is -1.88. The average molecular weight is 343 g/mol. The molecule has 136 valence electrons. The summed E-state index contributed by atoms with van der Waals surface area (Å²) in [7, 11) is 0. The van der Waals surface area contributed by atoms with E-state index in [2.05, 4.69) is 10.2 Å². The number of hydrogen-bond acceptors (Lipinski definition) is 3. The van der Waals surface area contributed by atoms with E-state index in [9.17, 15) is 9.59 Å². The topological polar surface area (TPSA) is 52.7 Å². The van der Waals surface area contributed by atoms with Gasteiger partial charge >= 0.3 is 0 Å². The van der Waals surface area contributed by atoms with Crippen LogP contribution in [0.15, 0.2) is 18.2 Å². The van der Waals surface area contributed by atoms with Crippen LogP contribution in [0.25, 0.3) is 0 Å². The van der Waals surface area contributed by atoms with Gasteiger partial charge in [0.2, 0.25) is 5.91 Å². The molecule has 3 rings (SSSR count). The normalized spacial score (nSPS) is 17.9. The van der Waals surface area contributed by atoms with Gasteiger partial charge in [0.25, 0.3) is 5.91 Å². The summed E-state index contributed by atoms with van der Waals surface area (Å²) >= 11 is 0. The molecule has 1 fully saturated rings. The van der Waals surface area contributed by atoms with E-state index in [0.29, 0.717) is 18.7 Å². The maximum absolute atomic E-state index is 12.4. The zero-order valence-electron chi connectivity index (χ0n) is 15.2. The SMILES string of the molecule is CC(=O)N1CCc2cc(C(=O)NCCCN3CCCCCC3)ccc21. The van der Waals surface area contributed by atoms with Crippen LogP contribution < -0.4 is 10.2 Å². The molecule has 2 heterocycles. The lowest BCUT2D eigenvalue weighted by Crippen LogP contribution is -2.30. The highest BCUT2D eigenvalue weighted by atomic mass is 16.2. The van der Waals surface area contributed by atoms with E-state index in [4.69, 9.17) is 0 Å². The number of nitrogens with zero attached hydrogens (tertiary/aromatic N) is 2. The van der Waals surface area contributed by atoms with Gasteiger partial charge in [-0.1, -0.05) is 12.8 Å². The predicted molar refractivity (Wildman–Crippen MR) is 100 cm³/mol. The molecular formula is C20H29N3O2. The predicted octanol–water partition coefficient (Wildman–Crippen LogP) is 2.59. The van der Waals surface area contributed by atoms with Crippen LogP contribution in [0.5, 0.6) is 0 Å². The number of anilines is 1. The molecule has 1 aromatic carbocycles. The van der Waals surface area contributed by atoms with Gasteiger partial charge in [-0.25, -0.2) is 0 Å². The number of hydrogen-bond donors (Lipinski definition) is 1. The molecule has 0 radical (unpaired) electrons. The summed E-state index contributed by atoms with van der Waals surface area (Å²) in [6.07, 6.45) is 7.14. The molecule has 1 aromatic rings. The zero-order valence-corrected chi connectivity index (χ0v) is 15.2. The molecule has 5 heteroatoms. The van der Waals surface area contributed by atoms with Gasteiger partial charge in [0.1, 0.15) is 0 Å². The van der Waals surface area contributed by atoms with Crippen LogP contribution in [0, 0.1) is 0 Å². The quantitative estimate of drug-likeness (QED) is 0.836. The third kappa shape index (κ3) is 4.60. The molecule has 1 saturated heterocycles. The maximum atomic E-state index is 12.4. The van der Waals surface area contributed by atoms with Crippen molar-refractivity contribution in [3.8, 4) is 0 Å². The van der Waals surface area contributed by atoms with Gasteiger partial charge in [-0.2, -0.15) is 0 Å². The summed E-state index contributed by atoms with van der Waals surface area (Å²) in [5, 5.41) is 3.03. The molecule has 2 aliphatic heterocycles. The lowest BCUT2D eigenvalue weighted by atomic mass is 10.1. The highest BCUT2D eigenvalue weighted by molar-refractivity contribution is 5.97. The highest BCUT2D eigenvalue weighted by Crippen LogP contribution is 2.28. The molecule has 0 spiro atoms. The number of amides is 2. The first kappa shape index (κ1) is 17.9. The Labute approximate surface area is 150 Å². The largest absolute Gasteiger partial charge is 0.352 e. The van der Waals surface area contributed by atoms with Crippen LogP contribution in [0.4, 0.5) is 5.69 Å². The minimum atomic E-state index is -0.0139. The van der Waals surface area contributed by atoms with Crippen LogP contribution in [0.2, 0.25) is 0 Å². The molecule has 0 aromatic heterocycles. The Morgan fingerprint density at radius 2 is 1.84 bits per heavy atom. The molecule has 0 aliphatic carbocycles. The minimum Gasteiger partial charge on any atom is -0.352 e. The van der Waals surface area contributed by atoms with Gasteiger partial charge in [-0.05, 0) is 69.1 Å². The average Bonchev–Trinajstić information content (AvgIpc) is 2.86. The number of nitrogens with one attached hydrogen (secondary N) is 1. The van der Waals surface area contributed by atoms with Gasteiger partial charge in [-0.3, -0.25) is 9.59 Å². The number of rotatable bonds is 5. The molecule has 0 bridgehead atoms. The van der Waals surface area contributed by atoms with Crippen LogP contribution in [-0.4, -0.2) is 49.4 Å². The first-order valence-corrected chi connectivity index (χ1v) is 9.57. The second kappa shape index (κ2) is 8.48. The van der Waals surface area contributed by atoms with Crippen molar-refractivity contribution in [2.75, 3.05) is 37.6 Å². The van der Waals surface area contributed by atoms with E-state index in [-0.39, 0.29) is 11.8 Å². The summed E-state index contributed by atoms with van der Waals surface area (Å²) in [5.41, 5.74) is 2.73. The Kier molecular flexibility index (Phi) is 6.08. The van der Waals surface area contributed by atoms with Crippen molar-refractivity contribution in [3.63, 3.8) is 0 Å². The Morgan fingerprint density at radius 1 is 1.08 bits per heavy atom. The van der Waals surface area contributed by atoms with Crippen molar-refractivity contribution in [3.05, 3.63) is 29.3 Å². The van der Waals surface area contributed by atoms with Crippen molar-refractivity contribution in [1.29, 1.82) is 0 Å². The number of likely N-dealkylation sites (tertiary alicyclic amines) is 1. The lowest BCUT2D eigenvalue weighted by molar-refractivity contribution is -0.116. The van der Waals surface area contributed by atoms with Crippen LogP contribution in [0.1, 0.15) is 54.9 Å². The monoisotopic (exact) mass is 343 g/mol. The summed E-state index contributed by atoms with van der Waals surface area (Å²) in [4.78, 5) is 28.3. The molecule has 25 heavy (non-hydrogen) atoms. The van der Waals surface area contributed by atoms with Crippen molar-refractivity contribution in [2.45, 2.75) is 45.4 Å². The second-order valence-corrected chi connectivity index (χ2v) is 7.13. The number of carbonyl (C=O) groups is 2. The minimum absolute atomic E-state index is 0.0139. The number of benzene rings is 1. The van der Waals surface area contributed by atoms with Gasteiger partial charge in [-0.15, -0.1) is 0 Å². The van der Waals surface area contributed by atoms with Crippen molar-refractivity contribution in [2.24, 2.45) is 0 Å². The lowest BCUT2D eigenvalue weighted by Gasteiger charge is -2.19. The van der Waals surface area contributed by atoms with Crippen molar-refractivity contribution < 1.29 is 9.59 Å². The summed E-state index contributed by atoms with van der Waals surface area (Å²) < 4.78 is 0. The van der Waals surface area contributed by atoms with Crippen LogP contribution in [0.3, 0.4) is 0 Å². The molecular weight excluding hydrogens is 314 g/mol. The number of carbonyl (C=O) groups excluding carboxylic acids is 2. The fourth-order valence-corrected chi connectivity index (χ4v) is 3.84. The molecule has 0 saturated carbocycles. The van der Waals surface area contributed by atoms with Gasteiger partial charge < -0.3 is 15.1 Å². The third-order valence-electron chi connectivity index (χ3n) is 5.25. The highest BCUT2D eigenvalue weighted by Gasteiger charge is 2.23.